The Morgan fingerprint density at radius 2 is 1.91 bits per heavy atom. The average Bonchev–Trinajstić information content (AvgIpc) is 3.47. The molecular weight excluding hydrogens is 402 g/mol. The Kier molecular flexibility index (Phi) is 5.55. The van der Waals surface area contributed by atoms with Gasteiger partial charge in [0.2, 0.25) is 5.91 Å². The molecule has 1 saturated carbocycles. The number of rotatable bonds is 6. The Morgan fingerprint density at radius 3 is 2.50 bits per heavy atom. The highest BCUT2D eigenvalue weighted by atomic mass is 16.3. The lowest BCUT2D eigenvalue weighted by atomic mass is 9.92. The number of aryl methyl sites for hydroxylation is 1. The van der Waals surface area contributed by atoms with Crippen LogP contribution in [0.1, 0.15) is 50.4 Å². The molecule has 1 heterocycles. The molecule has 5 N–H and O–H groups in total. The Bertz CT molecular complexity index is 1170. The van der Waals surface area contributed by atoms with Gasteiger partial charge in [0.1, 0.15) is 5.75 Å². The van der Waals surface area contributed by atoms with Crippen LogP contribution in [0, 0.1) is 6.92 Å². The highest BCUT2D eigenvalue weighted by Crippen LogP contribution is 2.50. The van der Waals surface area contributed by atoms with Crippen molar-refractivity contribution in [2.24, 2.45) is 5.73 Å². The Labute approximate surface area is 189 Å². The maximum absolute atomic E-state index is 13.2. The first-order valence-corrected chi connectivity index (χ1v) is 11.2. The first-order valence-electron chi connectivity index (χ1n) is 11.2. The van der Waals surface area contributed by atoms with Crippen molar-refractivity contribution in [1.82, 2.24) is 4.57 Å². The number of phenols is 1. The molecule has 1 atom stereocenters. The number of nitrogens with zero attached hydrogens (tertiary/aromatic N) is 1. The third kappa shape index (κ3) is 4.00. The number of aromatic nitrogens is 1. The van der Waals surface area contributed by atoms with Crippen molar-refractivity contribution in [1.29, 1.82) is 0 Å². The summed E-state index contributed by atoms with van der Waals surface area (Å²) in [5.74, 6) is 0.179. The van der Waals surface area contributed by atoms with Crippen LogP contribution in [0.3, 0.4) is 0 Å². The number of aliphatic hydroxyl groups excluding tert-OH is 1. The molecule has 0 saturated heterocycles. The average molecular weight is 436 g/mol. The molecule has 1 fully saturated rings. The number of phenolic OH excluding ortho intramolecular Hbond substituents is 1. The molecule has 0 unspecified atom stereocenters. The summed E-state index contributed by atoms with van der Waals surface area (Å²) in [5.41, 5.74) is 9.95. The van der Waals surface area contributed by atoms with Gasteiger partial charge in [-0.3, -0.25) is 4.79 Å². The first kappa shape index (κ1) is 22.4. The van der Waals surface area contributed by atoms with E-state index in [1.807, 2.05) is 37.3 Å². The smallest absolute Gasteiger partial charge is 0.235 e. The van der Waals surface area contributed by atoms with E-state index in [1.165, 1.54) is 0 Å². The fourth-order valence-corrected chi connectivity index (χ4v) is 4.39. The topological polar surface area (TPSA) is 101 Å². The molecule has 170 valence electrons. The predicted octanol–water partition coefficient (Wildman–Crippen LogP) is 3.94. The van der Waals surface area contributed by atoms with Gasteiger partial charge in [-0.1, -0.05) is 32.9 Å². The molecule has 3 aromatic rings. The monoisotopic (exact) mass is 435 g/mol. The molecule has 1 amide bonds. The van der Waals surface area contributed by atoms with E-state index in [1.54, 1.807) is 6.07 Å². The second-order valence-electron chi connectivity index (χ2n) is 10.1. The van der Waals surface area contributed by atoms with Crippen LogP contribution in [0.5, 0.6) is 5.75 Å². The Morgan fingerprint density at radius 1 is 1.19 bits per heavy atom. The third-order valence-electron chi connectivity index (χ3n) is 6.53. The number of hydrogen-bond acceptors (Lipinski definition) is 4. The molecule has 0 aliphatic heterocycles. The summed E-state index contributed by atoms with van der Waals surface area (Å²) >= 11 is 0. The highest BCUT2D eigenvalue weighted by Gasteiger charge is 2.51. The van der Waals surface area contributed by atoms with Gasteiger partial charge >= 0.3 is 0 Å². The maximum atomic E-state index is 13.2. The van der Waals surface area contributed by atoms with Gasteiger partial charge < -0.3 is 25.8 Å². The van der Waals surface area contributed by atoms with Crippen molar-refractivity contribution < 1.29 is 15.0 Å². The van der Waals surface area contributed by atoms with Crippen LogP contribution in [-0.4, -0.2) is 33.3 Å². The molecule has 6 heteroatoms. The number of nitrogens with one attached hydrogen (secondary N) is 1. The minimum Gasteiger partial charge on any atom is -0.508 e. The van der Waals surface area contributed by atoms with E-state index in [0.29, 0.717) is 6.54 Å². The largest absolute Gasteiger partial charge is 0.508 e. The summed E-state index contributed by atoms with van der Waals surface area (Å²) in [5, 5.41) is 23.7. The standard InChI is InChI=1S/C26H33N3O3/c1-16-5-6-18(13-22(16)31)26(9-10-26)24(32)28-20-7-8-21-17(11-20)12-23(25(2,3)4)29(21)14-19(27)15-30/h5-8,11-13,19,30-31H,9-10,14-15,27H2,1-4H3,(H,28,32)/t19-/m1/s1. The number of anilines is 1. The number of nitrogens with two attached hydrogens (primary N) is 1. The number of amides is 1. The van der Waals surface area contributed by atoms with Crippen molar-refractivity contribution in [3.63, 3.8) is 0 Å². The van der Waals surface area contributed by atoms with E-state index in [0.717, 1.165) is 46.3 Å². The van der Waals surface area contributed by atoms with Crippen LogP contribution >= 0.6 is 0 Å². The van der Waals surface area contributed by atoms with Gasteiger partial charge in [-0.05, 0) is 61.2 Å². The van der Waals surface area contributed by atoms with Crippen molar-refractivity contribution in [2.75, 3.05) is 11.9 Å². The second-order valence-corrected chi connectivity index (χ2v) is 10.1. The summed E-state index contributed by atoms with van der Waals surface area (Å²) in [6, 6.07) is 13.2. The maximum Gasteiger partial charge on any atom is 0.235 e. The third-order valence-corrected chi connectivity index (χ3v) is 6.53. The fraction of sp³-hybridized carbons (Fsp3) is 0.423. The molecule has 1 aliphatic carbocycles. The fourth-order valence-electron chi connectivity index (χ4n) is 4.39. The van der Waals surface area contributed by atoms with Crippen molar-refractivity contribution >= 4 is 22.5 Å². The van der Waals surface area contributed by atoms with Crippen LogP contribution in [-0.2, 0) is 22.2 Å². The van der Waals surface area contributed by atoms with Gasteiger partial charge in [-0.2, -0.15) is 0 Å². The van der Waals surface area contributed by atoms with Crippen LogP contribution in [0.25, 0.3) is 10.9 Å². The summed E-state index contributed by atoms with van der Waals surface area (Å²) in [6.07, 6.45) is 1.54. The Hall–Kier alpha value is -2.83. The molecule has 1 aliphatic rings. The SMILES string of the molecule is Cc1ccc(C2(C(=O)Nc3ccc4c(c3)cc(C(C)(C)C)n4C[C@@H](N)CO)CC2)cc1O. The van der Waals surface area contributed by atoms with Gasteiger partial charge in [0.25, 0.3) is 0 Å². The molecule has 0 radical (unpaired) electrons. The van der Waals surface area contributed by atoms with Crippen molar-refractivity contribution in [3.05, 3.63) is 59.3 Å². The van der Waals surface area contributed by atoms with Gasteiger partial charge in [-0.25, -0.2) is 0 Å². The molecule has 0 bridgehead atoms. The lowest BCUT2D eigenvalue weighted by Gasteiger charge is -2.23. The van der Waals surface area contributed by atoms with E-state index in [9.17, 15) is 15.0 Å². The van der Waals surface area contributed by atoms with E-state index >= 15 is 0 Å². The lowest BCUT2D eigenvalue weighted by Crippen LogP contribution is -2.32. The van der Waals surface area contributed by atoms with Crippen LogP contribution < -0.4 is 11.1 Å². The number of hydrogen-bond donors (Lipinski definition) is 4. The van der Waals surface area contributed by atoms with Gasteiger partial charge in [0.05, 0.1) is 12.0 Å². The molecule has 2 aromatic carbocycles. The van der Waals surface area contributed by atoms with Gasteiger partial charge in [-0.15, -0.1) is 0 Å². The second kappa shape index (κ2) is 7.94. The first-order chi connectivity index (χ1) is 15.0. The minimum absolute atomic E-state index is 0.0436. The zero-order valence-electron chi connectivity index (χ0n) is 19.3. The van der Waals surface area contributed by atoms with E-state index < -0.39 is 5.41 Å². The van der Waals surface area contributed by atoms with Gasteiger partial charge in [0, 0.05) is 40.3 Å². The number of carbonyl (C=O) groups is 1. The van der Waals surface area contributed by atoms with E-state index in [-0.39, 0.29) is 29.7 Å². The highest BCUT2D eigenvalue weighted by molar-refractivity contribution is 6.02. The number of aromatic hydroxyl groups is 1. The molecule has 6 nitrogen and oxygen atoms in total. The van der Waals surface area contributed by atoms with E-state index in [2.05, 4.69) is 36.7 Å². The minimum atomic E-state index is -0.573. The molecular formula is C26H33N3O3. The number of carbonyl (C=O) groups excluding carboxylic acids is 1. The summed E-state index contributed by atoms with van der Waals surface area (Å²) in [7, 11) is 0. The van der Waals surface area contributed by atoms with Crippen LogP contribution in [0.15, 0.2) is 42.5 Å². The number of benzene rings is 2. The lowest BCUT2D eigenvalue weighted by molar-refractivity contribution is -0.118. The summed E-state index contributed by atoms with van der Waals surface area (Å²) in [6.45, 7) is 8.75. The quantitative estimate of drug-likeness (QED) is 0.471. The van der Waals surface area contributed by atoms with Crippen molar-refractivity contribution in [3.8, 4) is 5.75 Å². The predicted molar refractivity (Wildman–Crippen MR) is 128 cm³/mol. The van der Waals surface area contributed by atoms with Crippen molar-refractivity contribution in [2.45, 2.75) is 64.0 Å². The molecule has 32 heavy (non-hydrogen) atoms. The zero-order valence-corrected chi connectivity index (χ0v) is 19.3. The molecule has 0 spiro atoms. The molecule has 1 aromatic heterocycles. The summed E-state index contributed by atoms with van der Waals surface area (Å²) < 4.78 is 2.17. The van der Waals surface area contributed by atoms with Gasteiger partial charge in [0.15, 0.2) is 0 Å². The summed E-state index contributed by atoms with van der Waals surface area (Å²) in [4.78, 5) is 13.2. The molecule has 4 rings (SSSR count). The number of fused-ring (bicyclic) bond motifs is 1. The van der Waals surface area contributed by atoms with E-state index in [4.69, 9.17) is 5.73 Å². The number of aliphatic hydroxyl groups is 1. The van der Waals surface area contributed by atoms with Crippen LogP contribution in [0.4, 0.5) is 5.69 Å². The Balaban J connectivity index is 1.64. The van der Waals surface area contributed by atoms with Crippen LogP contribution in [0.2, 0.25) is 0 Å². The normalized spacial score (nSPS) is 16.2. The zero-order chi connectivity index (χ0) is 23.3.